The summed E-state index contributed by atoms with van der Waals surface area (Å²) >= 11 is 1.31. The van der Waals surface area contributed by atoms with Gasteiger partial charge in [-0.2, -0.15) is 4.37 Å². The number of phosphoric ester groups is 1. The molecule has 0 saturated carbocycles. The van der Waals surface area contributed by atoms with Crippen molar-refractivity contribution in [2.75, 3.05) is 21.3 Å². The molecule has 0 aliphatic rings. The fourth-order valence-electron chi connectivity index (χ4n) is 2.70. The number of rotatable bonds is 7. The zero-order chi connectivity index (χ0) is 20.3. The molecule has 10 heteroatoms. The van der Waals surface area contributed by atoms with Crippen LogP contribution in [0, 0.1) is 0 Å². The third kappa shape index (κ3) is 4.28. The van der Waals surface area contributed by atoms with Crippen molar-refractivity contribution in [2.45, 2.75) is 0 Å². The molecule has 148 valence electrons. The van der Waals surface area contributed by atoms with Gasteiger partial charge < -0.3 is 18.7 Å². The van der Waals surface area contributed by atoms with E-state index in [2.05, 4.69) is 8.90 Å². The Bertz CT molecular complexity index is 988. The van der Waals surface area contributed by atoms with Gasteiger partial charge in [0, 0.05) is 17.3 Å². The molecule has 0 saturated heterocycles. The topological polar surface area (TPSA) is 107 Å². The van der Waals surface area contributed by atoms with Crippen LogP contribution in [-0.4, -0.2) is 35.5 Å². The lowest BCUT2D eigenvalue weighted by Crippen LogP contribution is -1.95. The van der Waals surface area contributed by atoms with Crippen molar-refractivity contribution in [3.8, 4) is 44.6 Å². The van der Waals surface area contributed by atoms with Gasteiger partial charge in [0.25, 0.3) is 0 Å². The van der Waals surface area contributed by atoms with Gasteiger partial charge in [-0.05, 0) is 41.4 Å². The molecular weight excluding hydrogens is 405 g/mol. The molecule has 0 atom stereocenters. The van der Waals surface area contributed by atoms with E-state index in [4.69, 9.17) is 24.0 Å². The molecule has 3 aromatic rings. The Balaban J connectivity index is 2.02. The van der Waals surface area contributed by atoms with E-state index in [1.165, 1.54) is 23.7 Å². The maximum atomic E-state index is 11.0. The predicted molar refractivity (Wildman–Crippen MR) is 105 cm³/mol. The maximum absolute atomic E-state index is 11.0. The van der Waals surface area contributed by atoms with Gasteiger partial charge >= 0.3 is 7.82 Å². The lowest BCUT2D eigenvalue weighted by molar-refractivity contribution is 0.283. The smallest absolute Gasteiger partial charge is 0.493 e. The molecule has 0 aliphatic heterocycles. The molecule has 0 bridgehead atoms. The average Bonchev–Trinajstić information content (AvgIpc) is 3.15. The van der Waals surface area contributed by atoms with Crippen molar-refractivity contribution in [3.63, 3.8) is 0 Å². The van der Waals surface area contributed by atoms with Crippen molar-refractivity contribution in [2.24, 2.45) is 0 Å². The molecule has 28 heavy (non-hydrogen) atoms. The van der Waals surface area contributed by atoms with E-state index in [0.717, 1.165) is 21.6 Å². The van der Waals surface area contributed by atoms with Crippen molar-refractivity contribution in [1.29, 1.82) is 0 Å². The Morgan fingerprint density at radius 1 is 0.929 bits per heavy atom. The van der Waals surface area contributed by atoms with Crippen LogP contribution < -0.4 is 18.7 Å². The van der Waals surface area contributed by atoms with Gasteiger partial charge in [-0.25, -0.2) is 4.57 Å². The van der Waals surface area contributed by atoms with Gasteiger partial charge in [0.2, 0.25) is 5.75 Å². The summed E-state index contributed by atoms with van der Waals surface area (Å²) in [6.07, 6.45) is 1.72. The number of methoxy groups -OCH3 is 3. The van der Waals surface area contributed by atoms with Crippen molar-refractivity contribution < 1.29 is 33.1 Å². The Morgan fingerprint density at radius 3 is 2.04 bits per heavy atom. The molecule has 1 heterocycles. The highest BCUT2D eigenvalue weighted by Crippen LogP contribution is 2.45. The molecule has 0 fully saturated rings. The van der Waals surface area contributed by atoms with Crippen molar-refractivity contribution >= 4 is 19.4 Å². The van der Waals surface area contributed by atoms with Crippen LogP contribution in [0.15, 0.2) is 42.6 Å². The minimum atomic E-state index is -4.60. The second kappa shape index (κ2) is 8.20. The van der Waals surface area contributed by atoms with Crippen molar-refractivity contribution in [1.82, 2.24) is 4.37 Å². The van der Waals surface area contributed by atoms with Gasteiger partial charge in [0.05, 0.1) is 26.2 Å². The fraction of sp³-hybridized carbons (Fsp3) is 0.167. The summed E-state index contributed by atoms with van der Waals surface area (Å²) in [5, 5.41) is 0. The minimum Gasteiger partial charge on any atom is -0.493 e. The van der Waals surface area contributed by atoms with E-state index >= 15 is 0 Å². The molecule has 0 aliphatic carbocycles. The third-order valence-electron chi connectivity index (χ3n) is 3.89. The first kappa shape index (κ1) is 20.2. The second-order valence-corrected chi connectivity index (χ2v) is 7.55. The zero-order valence-corrected chi connectivity index (χ0v) is 17.0. The molecule has 2 N–H and O–H groups in total. The van der Waals surface area contributed by atoms with E-state index in [0.29, 0.717) is 17.2 Å². The summed E-state index contributed by atoms with van der Waals surface area (Å²) < 4.78 is 36.0. The lowest BCUT2D eigenvalue weighted by atomic mass is 10.0. The van der Waals surface area contributed by atoms with Gasteiger partial charge in [-0.3, -0.25) is 9.79 Å². The number of benzene rings is 2. The Kier molecular flexibility index (Phi) is 5.90. The van der Waals surface area contributed by atoms with Crippen LogP contribution in [0.1, 0.15) is 0 Å². The van der Waals surface area contributed by atoms with E-state index < -0.39 is 7.82 Å². The summed E-state index contributed by atoms with van der Waals surface area (Å²) in [7, 11) is 0.0449. The molecule has 1 aromatic heterocycles. The molecule has 0 amide bonds. The number of aromatic nitrogens is 1. The SMILES string of the molecule is COc1cc(-c2sncc2-c2ccc(OP(=O)(O)O)cc2)cc(OC)c1OC. The van der Waals surface area contributed by atoms with E-state index in [9.17, 15) is 4.57 Å². The molecule has 0 radical (unpaired) electrons. The summed E-state index contributed by atoms with van der Waals surface area (Å²) in [5.41, 5.74) is 2.50. The Hall–Kier alpha value is -2.58. The van der Waals surface area contributed by atoms with Gasteiger partial charge in [0.1, 0.15) is 5.75 Å². The van der Waals surface area contributed by atoms with Crippen LogP contribution in [0.2, 0.25) is 0 Å². The zero-order valence-electron chi connectivity index (χ0n) is 15.3. The summed E-state index contributed by atoms with van der Waals surface area (Å²) in [4.78, 5) is 18.7. The predicted octanol–water partition coefficient (Wildman–Crippen LogP) is 3.97. The Morgan fingerprint density at radius 2 is 1.54 bits per heavy atom. The van der Waals surface area contributed by atoms with Crippen LogP contribution in [0.5, 0.6) is 23.0 Å². The molecular formula is C18H18NO7PS. The number of ether oxygens (including phenoxy) is 3. The van der Waals surface area contributed by atoms with Gasteiger partial charge in [-0.15, -0.1) is 0 Å². The first-order valence-corrected chi connectivity index (χ1v) is 10.3. The number of hydrogen-bond acceptors (Lipinski definition) is 7. The fourth-order valence-corrected chi connectivity index (χ4v) is 3.85. The summed E-state index contributed by atoms with van der Waals surface area (Å²) in [5.74, 6) is 1.64. The normalized spacial score (nSPS) is 11.2. The highest BCUT2D eigenvalue weighted by atomic mass is 32.1. The standard InChI is InChI=1S/C18H18NO7PS/c1-23-15-8-12(9-16(24-2)17(15)25-3)18-14(10-19-28-18)11-4-6-13(7-5-11)26-27(20,21)22/h4-10H,1-3H3,(H2,20,21,22). The third-order valence-corrected chi connectivity index (χ3v) is 5.18. The van der Waals surface area contributed by atoms with E-state index in [1.54, 1.807) is 39.7 Å². The van der Waals surface area contributed by atoms with E-state index in [-0.39, 0.29) is 5.75 Å². The lowest BCUT2D eigenvalue weighted by Gasteiger charge is -2.14. The summed E-state index contributed by atoms with van der Waals surface area (Å²) in [6.45, 7) is 0. The first-order chi connectivity index (χ1) is 13.4. The molecule has 8 nitrogen and oxygen atoms in total. The monoisotopic (exact) mass is 423 g/mol. The number of nitrogens with zero attached hydrogens (tertiary/aromatic N) is 1. The molecule has 0 spiro atoms. The van der Waals surface area contributed by atoms with Crippen LogP contribution in [0.3, 0.4) is 0 Å². The largest absolute Gasteiger partial charge is 0.524 e. The highest BCUT2D eigenvalue weighted by Gasteiger charge is 2.19. The summed E-state index contributed by atoms with van der Waals surface area (Å²) in [6, 6.07) is 10.1. The average molecular weight is 423 g/mol. The van der Waals surface area contributed by atoms with Gasteiger partial charge in [0.15, 0.2) is 11.5 Å². The van der Waals surface area contributed by atoms with Crippen LogP contribution in [0.4, 0.5) is 0 Å². The second-order valence-electron chi connectivity index (χ2n) is 5.59. The van der Waals surface area contributed by atoms with E-state index in [1.807, 2.05) is 12.1 Å². The highest BCUT2D eigenvalue weighted by molar-refractivity contribution is 7.46. The van der Waals surface area contributed by atoms with Crippen molar-refractivity contribution in [3.05, 3.63) is 42.6 Å². The first-order valence-electron chi connectivity index (χ1n) is 7.97. The quantitative estimate of drug-likeness (QED) is 0.550. The maximum Gasteiger partial charge on any atom is 0.524 e. The van der Waals surface area contributed by atoms with Gasteiger partial charge in [-0.1, -0.05) is 12.1 Å². The van der Waals surface area contributed by atoms with Crippen LogP contribution in [0.25, 0.3) is 21.6 Å². The van der Waals surface area contributed by atoms with Crippen LogP contribution in [-0.2, 0) is 4.57 Å². The molecule has 3 rings (SSSR count). The number of phosphoric acid groups is 1. The number of hydrogen-bond donors (Lipinski definition) is 2. The Labute approximate surface area is 165 Å². The van der Waals surface area contributed by atoms with Crippen LogP contribution >= 0.6 is 19.4 Å². The molecule has 2 aromatic carbocycles. The molecule has 0 unspecified atom stereocenters. The minimum absolute atomic E-state index is 0.0783.